The third-order valence-corrected chi connectivity index (χ3v) is 5.40. The molecule has 2 aliphatic carbocycles. The molecule has 2 aromatic rings. The van der Waals surface area contributed by atoms with Crippen molar-refractivity contribution < 1.29 is 18.7 Å². The highest BCUT2D eigenvalue weighted by Crippen LogP contribution is 2.46. The molecule has 0 saturated heterocycles. The minimum absolute atomic E-state index is 0.0497. The summed E-state index contributed by atoms with van der Waals surface area (Å²) in [5.74, 6) is 0.827. The monoisotopic (exact) mass is 339 g/mol. The van der Waals surface area contributed by atoms with Crippen molar-refractivity contribution in [2.45, 2.75) is 38.7 Å². The van der Waals surface area contributed by atoms with Crippen LogP contribution in [0.1, 0.15) is 52.2 Å². The zero-order valence-electron chi connectivity index (χ0n) is 14.2. The summed E-state index contributed by atoms with van der Waals surface area (Å²) in [5, 5.41) is 2.79. The second kappa shape index (κ2) is 6.39. The molecule has 2 bridgehead atoms. The first-order valence-electron chi connectivity index (χ1n) is 8.76. The summed E-state index contributed by atoms with van der Waals surface area (Å²) in [7, 11) is 0. The van der Waals surface area contributed by atoms with E-state index in [1.54, 1.807) is 24.3 Å². The van der Waals surface area contributed by atoms with E-state index in [1.165, 1.54) is 25.5 Å². The van der Waals surface area contributed by atoms with Crippen LogP contribution in [-0.4, -0.2) is 18.0 Å². The van der Waals surface area contributed by atoms with Crippen LogP contribution in [0.4, 0.5) is 5.69 Å². The van der Waals surface area contributed by atoms with Gasteiger partial charge in [0.15, 0.2) is 5.76 Å². The fraction of sp³-hybridized carbons (Fsp3) is 0.400. The number of esters is 1. The van der Waals surface area contributed by atoms with E-state index in [2.05, 4.69) is 5.32 Å². The Labute approximate surface area is 146 Å². The average Bonchev–Trinajstić information content (AvgIpc) is 3.34. The highest BCUT2D eigenvalue weighted by Gasteiger charge is 2.41. The third kappa shape index (κ3) is 3.18. The molecule has 1 aromatic carbocycles. The number of carbonyl (C=O) groups excluding carboxylic acids is 2. The number of ether oxygens (including phenoxy) is 1. The van der Waals surface area contributed by atoms with Crippen LogP contribution < -0.4 is 5.32 Å². The fourth-order valence-corrected chi connectivity index (χ4v) is 4.01. The van der Waals surface area contributed by atoms with E-state index in [0.29, 0.717) is 17.2 Å². The predicted octanol–water partition coefficient (Wildman–Crippen LogP) is 4.19. The van der Waals surface area contributed by atoms with Crippen molar-refractivity contribution in [1.82, 2.24) is 0 Å². The van der Waals surface area contributed by atoms with Crippen LogP contribution >= 0.6 is 0 Å². The summed E-state index contributed by atoms with van der Waals surface area (Å²) in [6.07, 6.45) is 6.12. The Morgan fingerprint density at radius 3 is 2.76 bits per heavy atom. The number of carbonyl (C=O) groups is 2. The largest absolute Gasteiger partial charge is 0.459 e. The van der Waals surface area contributed by atoms with E-state index >= 15 is 0 Å². The van der Waals surface area contributed by atoms with Crippen molar-refractivity contribution in [2.75, 3.05) is 5.32 Å². The molecule has 0 spiro atoms. The maximum absolute atomic E-state index is 12.5. The Bertz CT molecular complexity index is 796. The molecule has 4 rings (SSSR count). The zero-order valence-corrected chi connectivity index (χ0v) is 14.2. The third-order valence-electron chi connectivity index (χ3n) is 5.40. The Hall–Kier alpha value is -2.56. The Morgan fingerprint density at radius 1 is 1.20 bits per heavy atom. The number of hydrogen-bond donors (Lipinski definition) is 1. The second-order valence-electron chi connectivity index (χ2n) is 7.08. The molecule has 3 unspecified atom stereocenters. The Morgan fingerprint density at radius 2 is 2.08 bits per heavy atom. The molecule has 2 fully saturated rings. The molecular weight excluding hydrogens is 318 g/mol. The molecular formula is C20H21NO4. The van der Waals surface area contributed by atoms with Crippen molar-refractivity contribution in [1.29, 1.82) is 0 Å². The molecule has 1 heterocycles. The summed E-state index contributed by atoms with van der Waals surface area (Å²) in [5.41, 5.74) is 1.92. The Kier molecular flexibility index (Phi) is 4.07. The van der Waals surface area contributed by atoms with Gasteiger partial charge in [-0.3, -0.25) is 4.79 Å². The zero-order chi connectivity index (χ0) is 17.4. The summed E-state index contributed by atoms with van der Waals surface area (Å²) in [4.78, 5) is 24.7. The highest BCUT2D eigenvalue weighted by molar-refractivity contribution is 6.03. The van der Waals surface area contributed by atoms with Gasteiger partial charge in [0, 0.05) is 5.69 Å². The standard InChI is InChI=1S/C20H21NO4/c1-12-4-6-15(11-16(12)21-19(22)17-3-2-8-24-17)20(23)25-18-10-13-5-7-14(18)9-13/h2-4,6,8,11,13-14,18H,5,7,9-10H2,1H3,(H,21,22). The molecule has 130 valence electrons. The second-order valence-corrected chi connectivity index (χ2v) is 7.08. The van der Waals surface area contributed by atoms with Gasteiger partial charge >= 0.3 is 5.97 Å². The first-order chi connectivity index (χ1) is 12.1. The fourth-order valence-electron chi connectivity index (χ4n) is 4.01. The van der Waals surface area contributed by atoms with Gasteiger partial charge in [-0.25, -0.2) is 4.79 Å². The topological polar surface area (TPSA) is 68.5 Å². The first kappa shape index (κ1) is 15.9. The molecule has 1 amide bonds. The lowest BCUT2D eigenvalue weighted by molar-refractivity contribution is 0.0158. The number of nitrogens with one attached hydrogen (secondary N) is 1. The number of rotatable bonds is 4. The van der Waals surface area contributed by atoms with Crippen molar-refractivity contribution in [2.24, 2.45) is 11.8 Å². The van der Waals surface area contributed by atoms with Crippen LogP contribution in [0.15, 0.2) is 41.0 Å². The highest BCUT2D eigenvalue weighted by atomic mass is 16.5. The molecule has 2 saturated carbocycles. The number of hydrogen-bond acceptors (Lipinski definition) is 4. The van der Waals surface area contributed by atoms with Gasteiger partial charge < -0.3 is 14.5 Å². The van der Waals surface area contributed by atoms with Gasteiger partial charge in [-0.15, -0.1) is 0 Å². The molecule has 0 radical (unpaired) electrons. The van der Waals surface area contributed by atoms with Crippen molar-refractivity contribution in [3.63, 3.8) is 0 Å². The lowest BCUT2D eigenvalue weighted by Gasteiger charge is -2.22. The summed E-state index contributed by atoms with van der Waals surface area (Å²) in [6, 6.07) is 8.48. The van der Waals surface area contributed by atoms with Crippen molar-refractivity contribution in [3.05, 3.63) is 53.5 Å². The summed E-state index contributed by atoms with van der Waals surface area (Å²) >= 11 is 0. The van der Waals surface area contributed by atoms with Crippen LogP contribution in [0.5, 0.6) is 0 Å². The lowest BCUT2D eigenvalue weighted by atomic mass is 9.97. The molecule has 25 heavy (non-hydrogen) atoms. The maximum Gasteiger partial charge on any atom is 0.338 e. The average molecular weight is 339 g/mol. The summed E-state index contributed by atoms with van der Waals surface area (Å²) in [6.45, 7) is 1.88. The molecule has 1 aromatic heterocycles. The lowest BCUT2D eigenvalue weighted by Crippen LogP contribution is -2.24. The summed E-state index contributed by atoms with van der Waals surface area (Å²) < 4.78 is 10.8. The molecule has 5 heteroatoms. The van der Waals surface area contributed by atoms with E-state index in [-0.39, 0.29) is 23.7 Å². The van der Waals surface area contributed by atoms with Gasteiger partial charge in [0.2, 0.25) is 0 Å². The molecule has 5 nitrogen and oxygen atoms in total. The van der Waals surface area contributed by atoms with Gasteiger partial charge in [-0.2, -0.15) is 0 Å². The van der Waals surface area contributed by atoms with Crippen LogP contribution in [-0.2, 0) is 4.74 Å². The van der Waals surface area contributed by atoms with E-state index in [9.17, 15) is 9.59 Å². The SMILES string of the molecule is Cc1ccc(C(=O)OC2CC3CCC2C3)cc1NC(=O)c1ccco1. The number of aryl methyl sites for hydroxylation is 1. The number of furan rings is 1. The minimum Gasteiger partial charge on any atom is -0.459 e. The van der Waals surface area contributed by atoms with E-state index in [0.717, 1.165) is 17.9 Å². The van der Waals surface area contributed by atoms with Crippen molar-refractivity contribution >= 4 is 17.6 Å². The molecule has 0 aliphatic heterocycles. The van der Waals surface area contributed by atoms with E-state index < -0.39 is 0 Å². The normalized spacial score (nSPS) is 24.3. The van der Waals surface area contributed by atoms with Crippen LogP contribution in [0.25, 0.3) is 0 Å². The smallest absolute Gasteiger partial charge is 0.338 e. The predicted molar refractivity (Wildman–Crippen MR) is 92.5 cm³/mol. The maximum atomic E-state index is 12.5. The van der Waals surface area contributed by atoms with E-state index in [4.69, 9.17) is 9.15 Å². The van der Waals surface area contributed by atoms with Gasteiger partial charge in [0.1, 0.15) is 6.10 Å². The van der Waals surface area contributed by atoms with Crippen LogP contribution in [0, 0.1) is 18.8 Å². The minimum atomic E-state index is -0.341. The molecule has 2 aliphatic rings. The molecule has 1 N–H and O–H groups in total. The number of anilines is 1. The van der Waals surface area contributed by atoms with Gasteiger partial charge in [0.05, 0.1) is 11.8 Å². The van der Waals surface area contributed by atoms with Crippen molar-refractivity contribution in [3.8, 4) is 0 Å². The van der Waals surface area contributed by atoms with E-state index in [1.807, 2.05) is 13.0 Å². The van der Waals surface area contributed by atoms with Crippen LogP contribution in [0.2, 0.25) is 0 Å². The van der Waals surface area contributed by atoms with Crippen LogP contribution in [0.3, 0.4) is 0 Å². The van der Waals surface area contributed by atoms with Gasteiger partial charge in [-0.1, -0.05) is 6.07 Å². The number of amides is 1. The van der Waals surface area contributed by atoms with Gasteiger partial charge in [0.25, 0.3) is 5.91 Å². The van der Waals surface area contributed by atoms with Gasteiger partial charge in [-0.05, 0) is 74.3 Å². The first-order valence-corrected chi connectivity index (χ1v) is 8.76. The number of benzene rings is 1. The molecule has 3 atom stereocenters. The Balaban J connectivity index is 1.47. The quantitative estimate of drug-likeness (QED) is 0.848. The number of fused-ring (bicyclic) bond motifs is 2.